The standard InChI is InChI=1S/C22H23ClF3N5O3/c23-15-4-1-13(2-5-15)11-31-8-7-16(12-31)29-19(32)10-28-20(33)17-9-14(22(24,25)26)3-6-18(17)30-21(27)34/h1-6,9,16H,7-8,10-12H2,(H,28,33)(H,29,32)(H3,27,30,34). The number of amides is 4. The van der Waals surface area contributed by atoms with Crippen LogP contribution in [0.2, 0.25) is 5.02 Å². The number of nitrogens with one attached hydrogen (secondary N) is 3. The Morgan fingerprint density at radius 2 is 1.82 bits per heavy atom. The molecule has 0 bridgehead atoms. The van der Waals surface area contributed by atoms with Gasteiger partial charge in [-0.2, -0.15) is 13.2 Å². The van der Waals surface area contributed by atoms with Crippen LogP contribution < -0.4 is 21.7 Å². The van der Waals surface area contributed by atoms with Gasteiger partial charge in [0.2, 0.25) is 5.91 Å². The number of carbonyl (C=O) groups excluding carboxylic acids is 3. The van der Waals surface area contributed by atoms with Gasteiger partial charge in [0.15, 0.2) is 0 Å². The van der Waals surface area contributed by atoms with Gasteiger partial charge in [0.1, 0.15) is 0 Å². The van der Waals surface area contributed by atoms with Crippen LogP contribution in [0.4, 0.5) is 23.7 Å². The van der Waals surface area contributed by atoms with E-state index in [1.54, 1.807) is 0 Å². The van der Waals surface area contributed by atoms with Gasteiger partial charge in [0.05, 0.1) is 23.4 Å². The molecule has 0 aromatic heterocycles. The summed E-state index contributed by atoms with van der Waals surface area (Å²) in [6.45, 7) is 1.64. The molecule has 1 aliphatic heterocycles. The van der Waals surface area contributed by atoms with Crippen LogP contribution in [-0.4, -0.2) is 48.4 Å². The van der Waals surface area contributed by atoms with Crippen LogP contribution in [0.25, 0.3) is 0 Å². The maximum atomic E-state index is 13.0. The Labute approximate surface area is 198 Å². The Kier molecular flexibility index (Phi) is 8.00. The van der Waals surface area contributed by atoms with E-state index in [1.165, 1.54) is 0 Å². The van der Waals surface area contributed by atoms with Crippen molar-refractivity contribution in [2.24, 2.45) is 5.73 Å². The summed E-state index contributed by atoms with van der Waals surface area (Å²) in [6.07, 6.45) is -3.98. The van der Waals surface area contributed by atoms with Crippen molar-refractivity contribution in [2.45, 2.75) is 25.2 Å². The summed E-state index contributed by atoms with van der Waals surface area (Å²) < 4.78 is 39.1. The van der Waals surface area contributed by atoms with Crippen molar-refractivity contribution in [1.29, 1.82) is 0 Å². The number of rotatable bonds is 7. The second-order valence-electron chi connectivity index (χ2n) is 7.84. The van der Waals surface area contributed by atoms with E-state index >= 15 is 0 Å². The van der Waals surface area contributed by atoms with Crippen LogP contribution in [0.5, 0.6) is 0 Å². The number of likely N-dealkylation sites (tertiary alicyclic amines) is 1. The second-order valence-corrected chi connectivity index (χ2v) is 8.28. The van der Waals surface area contributed by atoms with E-state index < -0.39 is 41.7 Å². The lowest BCUT2D eigenvalue weighted by atomic mass is 10.1. The molecule has 5 N–H and O–H groups in total. The molecule has 3 rings (SSSR count). The lowest BCUT2D eigenvalue weighted by Gasteiger charge is -2.17. The van der Waals surface area contributed by atoms with E-state index in [0.29, 0.717) is 36.7 Å². The van der Waals surface area contributed by atoms with E-state index in [1.807, 2.05) is 24.3 Å². The molecule has 1 heterocycles. The van der Waals surface area contributed by atoms with Crippen LogP contribution in [-0.2, 0) is 17.5 Å². The summed E-state index contributed by atoms with van der Waals surface area (Å²) in [5, 5.41) is 7.85. The molecule has 2 aromatic carbocycles. The topological polar surface area (TPSA) is 117 Å². The average Bonchev–Trinajstić information content (AvgIpc) is 3.19. The van der Waals surface area contributed by atoms with Crippen molar-refractivity contribution in [2.75, 3.05) is 25.0 Å². The fourth-order valence-corrected chi connectivity index (χ4v) is 3.75. The van der Waals surface area contributed by atoms with Gasteiger partial charge in [-0.05, 0) is 42.3 Å². The van der Waals surface area contributed by atoms with Gasteiger partial charge in [-0.3, -0.25) is 14.5 Å². The number of urea groups is 1. The molecule has 8 nitrogen and oxygen atoms in total. The Balaban J connectivity index is 1.54. The number of halogens is 4. The lowest BCUT2D eigenvalue weighted by Crippen LogP contribution is -2.43. The van der Waals surface area contributed by atoms with E-state index in [9.17, 15) is 27.6 Å². The zero-order valence-electron chi connectivity index (χ0n) is 17.9. The third kappa shape index (κ3) is 7.09. The highest BCUT2D eigenvalue weighted by molar-refractivity contribution is 6.30. The Morgan fingerprint density at radius 1 is 1.12 bits per heavy atom. The van der Waals surface area contributed by atoms with Crippen molar-refractivity contribution in [1.82, 2.24) is 15.5 Å². The fraction of sp³-hybridized carbons (Fsp3) is 0.318. The molecule has 182 valence electrons. The number of alkyl halides is 3. The SMILES string of the molecule is NC(=O)Nc1ccc(C(F)(F)F)cc1C(=O)NCC(=O)NC1CCN(Cc2ccc(Cl)cc2)C1. The van der Waals surface area contributed by atoms with E-state index in [2.05, 4.69) is 20.9 Å². The van der Waals surface area contributed by atoms with Gasteiger partial charge in [0.25, 0.3) is 5.91 Å². The minimum absolute atomic E-state index is 0.127. The maximum absolute atomic E-state index is 13.0. The zero-order chi connectivity index (χ0) is 24.9. The number of carbonyl (C=O) groups is 3. The molecule has 1 aliphatic rings. The second kappa shape index (κ2) is 10.7. The number of nitrogens with zero attached hydrogens (tertiary/aromatic N) is 1. The third-order valence-electron chi connectivity index (χ3n) is 5.22. The average molecular weight is 498 g/mol. The Morgan fingerprint density at radius 3 is 2.47 bits per heavy atom. The molecular weight excluding hydrogens is 475 g/mol. The first kappa shape index (κ1) is 25.3. The molecule has 12 heteroatoms. The number of hydrogen-bond acceptors (Lipinski definition) is 4. The lowest BCUT2D eigenvalue weighted by molar-refractivity contribution is -0.137. The first-order valence-corrected chi connectivity index (χ1v) is 10.7. The third-order valence-corrected chi connectivity index (χ3v) is 5.47. The molecule has 1 unspecified atom stereocenters. The number of primary amides is 1. The zero-order valence-corrected chi connectivity index (χ0v) is 18.7. The quantitative estimate of drug-likeness (QED) is 0.470. The highest BCUT2D eigenvalue weighted by Gasteiger charge is 2.32. The largest absolute Gasteiger partial charge is 0.416 e. The molecule has 1 atom stereocenters. The van der Waals surface area contributed by atoms with Gasteiger partial charge in [-0.25, -0.2) is 4.79 Å². The van der Waals surface area contributed by atoms with Crippen LogP contribution in [0.15, 0.2) is 42.5 Å². The molecule has 0 aliphatic carbocycles. The highest BCUT2D eigenvalue weighted by atomic mass is 35.5. The summed E-state index contributed by atoms with van der Waals surface area (Å²) in [4.78, 5) is 38.1. The molecule has 0 saturated carbocycles. The summed E-state index contributed by atoms with van der Waals surface area (Å²) >= 11 is 5.89. The Hall–Kier alpha value is -3.31. The fourth-order valence-electron chi connectivity index (χ4n) is 3.63. The van der Waals surface area contributed by atoms with Gasteiger partial charge < -0.3 is 21.7 Å². The summed E-state index contributed by atoms with van der Waals surface area (Å²) in [5.41, 5.74) is 4.36. The van der Waals surface area contributed by atoms with Crippen molar-refractivity contribution in [3.05, 3.63) is 64.2 Å². The van der Waals surface area contributed by atoms with Crippen molar-refractivity contribution in [3.63, 3.8) is 0 Å². The minimum Gasteiger partial charge on any atom is -0.351 e. The van der Waals surface area contributed by atoms with Gasteiger partial charge in [-0.1, -0.05) is 23.7 Å². The predicted molar refractivity (Wildman–Crippen MR) is 120 cm³/mol. The predicted octanol–water partition coefficient (Wildman–Crippen LogP) is 2.97. The smallest absolute Gasteiger partial charge is 0.351 e. The molecule has 4 amide bonds. The van der Waals surface area contributed by atoms with Crippen LogP contribution in [0.3, 0.4) is 0 Å². The maximum Gasteiger partial charge on any atom is 0.416 e. The number of benzene rings is 2. The van der Waals surface area contributed by atoms with E-state index in [0.717, 1.165) is 18.2 Å². The van der Waals surface area contributed by atoms with Crippen molar-refractivity contribution < 1.29 is 27.6 Å². The van der Waals surface area contributed by atoms with Crippen LogP contribution >= 0.6 is 11.6 Å². The summed E-state index contributed by atoms with van der Waals surface area (Å²) in [7, 11) is 0. The molecule has 0 spiro atoms. The molecular formula is C22H23ClF3N5O3. The van der Waals surface area contributed by atoms with Crippen molar-refractivity contribution >= 4 is 35.1 Å². The van der Waals surface area contributed by atoms with Gasteiger partial charge in [-0.15, -0.1) is 0 Å². The van der Waals surface area contributed by atoms with Gasteiger partial charge >= 0.3 is 12.2 Å². The first-order valence-electron chi connectivity index (χ1n) is 10.3. The van der Waals surface area contributed by atoms with Crippen LogP contribution in [0.1, 0.15) is 27.9 Å². The summed E-state index contributed by atoms with van der Waals surface area (Å²) in [5.74, 6) is -1.44. The molecule has 34 heavy (non-hydrogen) atoms. The normalized spacial score (nSPS) is 16.2. The molecule has 0 radical (unpaired) electrons. The number of hydrogen-bond donors (Lipinski definition) is 4. The highest BCUT2D eigenvalue weighted by Crippen LogP contribution is 2.32. The molecule has 1 saturated heterocycles. The molecule has 2 aromatic rings. The Bertz CT molecular complexity index is 1060. The monoisotopic (exact) mass is 497 g/mol. The number of nitrogens with two attached hydrogens (primary N) is 1. The van der Waals surface area contributed by atoms with E-state index in [4.69, 9.17) is 17.3 Å². The van der Waals surface area contributed by atoms with E-state index in [-0.39, 0.29) is 11.7 Å². The molecule has 1 fully saturated rings. The van der Waals surface area contributed by atoms with Crippen LogP contribution in [0, 0.1) is 0 Å². The first-order chi connectivity index (χ1) is 16.0. The van der Waals surface area contributed by atoms with Crippen molar-refractivity contribution in [3.8, 4) is 0 Å². The minimum atomic E-state index is -4.70. The van der Waals surface area contributed by atoms with Gasteiger partial charge in [0, 0.05) is 30.7 Å². The summed E-state index contributed by atoms with van der Waals surface area (Å²) in [6, 6.07) is 8.53. The number of anilines is 1.